The van der Waals surface area contributed by atoms with Gasteiger partial charge in [-0.1, -0.05) is 64.4 Å². The summed E-state index contributed by atoms with van der Waals surface area (Å²) >= 11 is 0. The van der Waals surface area contributed by atoms with Gasteiger partial charge in [0.05, 0.1) is 0 Å². The van der Waals surface area contributed by atoms with Gasteiger partial charge >= 0.3 is 0 Å². The molecule has 0 radical (unpaired) electrons. The Morgan fingerprint density at radius 2 is 1.71 bits per heavy atom. The van der Waals surface area contributed by atoms with Crippen molar-refractivity contribution >= 4 is 17.1 Å². The zero-order chi connectivity index (χ0) is 17.0. The SMILES string of the molecule is CCCCCCCCCCCc1ccc2oc(NCCN)nc2c1. The van der Waals surface area contributed by atoms with Crippen LogP contribution in [0.5, 0.6) is 0 Å². The molecular formula is C20H33N3O. The fourth-order valence-corrected chi connectivity index (χ4v) is 3.02. The number of unbranched alkanes of at least 4 members (excludes halogenated alkanes) is 8. The van der Waals surface area contributed by atoms with Gasteiger partial charge in [0.2, 0.25) is 0 Å². The van der Waals surface area contributed by atoms with Crippen molar-refractivity contribution in [3.8, 4) is 0 Å². The van der Waals surface area contributed by atoms with E-state index in [2.05, 4.69) is 29.4 Å². The van der Waals surface area contributed by atoms with Crippen LogP contribution >= 0.6 is 0 Å². The van der Waals surface area contributed by atoms with Gasteiger partial charge in [0.1, 0.15) is 5.52 Å². The van der Waals surface area contributed by atoms with Crippen LogP contribution in [0.1, 0.15) is 70.3 Å². The average Bonchev–Trinajstić information content (AvgIpc) is 3.00. The third kappa shape index (κ3) is 6.52. The van der Waals surface area contributed by atoms with Crippen LogP contribution in [0.2, 0.25) is 0 Å². The molecule has 0 spiro atoms. The molecular weight excluding hydrogens is 298 g/mol. The van der Waals surface area contributed by atoms with Crippen molar-refractivity contribution in [3.05, 3.63) is 23.8 Å². The molecule has 24 heavy (non-hydrogen) atoms. The minimum Gasteiger partial charge on any atom is -0.424 e. The van der Waals surface area contributed by atoms with Gasteiger partial charge in [0.25, 0.3) is 6.01 Å². The number of nitrogens with two attached hydrogens (primary N) is 1. The highest BCUT2D eigenvalue weighted by molar-refractivity contribution is 5.75. The lowest BCUT2D eigenvalue weighted by atomic mass is 10.0. The Kier molecular flexibility index (Phi) is 8.67. The normalized spacial score (nSPS) is 11.2. The summed E-state index contributed by atoms with van der Waals surface area (Å²) < 4.78 is 5.65. The average molecular weight is 332 g/mol. The predicted molar refractivity (Wildman–Crippen MR) is 102 cm³/mol. The molecule has 1 aromatic heterocycles. The monoisotopic (exact) mass is 331 g/mol. The summed E-state index contributed by atoms with van der Waals surface area (Å²) in [5.74, 6) is 0. The van der Waals surface area contributed by atoms with E-state index < -0.39 is 0 Å². The van der Waals surface area contributed by atoms with Crippen LogP contribution in [0.3, 0.4) is 0 Å². The summed E-state index contributed by atoms with van der Waals surface area (Å²) in [6.45, 7) is 3.52. The summed E-state index contributed by atoms with van der Waals surface area (Å²) in [5.41, 5.74) is 8.61. The molecule has 4 heteroatoms. The van der Waals surface area contributed by atoms with E-state index in [1.165, 1.54) is 63.4 Å². The molecule has 3 N–H and O–H groups in total. The number of aromatic nitrogens is 1. The summed E-state index contributed by atoms with van der Waals surface area (Å²) in [4.78, 5) is 4.47. The van der Waals surface area contributed by atoms with Gasteiger partial charge in [0.15, 0.2) is 5.58 Å². The van der Waals surface area contributed by atoms with Gasteiger partial charge in [-0.2, -0.15) is 4.98 Å². The molecule has 0 unspecified atom stereocenters. The van der Waals surface area contributed by atoms with Crippen LogP contribution in [-0.4, -0.2) is 18.1 Å². The number of rotatable bonds is 13. The lowest BCUT2D eigenvalue weighted by molar-refractivity contribution is 0.565. The lowest BCUT2D eigenvalue weighted by Gasteiger charge is -2.03. The van der Waals surface area contributed by atoms with Gasteiger partial charge in [-0.15, -0.1) is 0 Å². The number of oxazole rings is 1. The molecule has 0 aliphatic carbocycles. The predicted octanol–water partition coefficient (Wildman–Crippen LogP) is 5.27. The number of benzene rings is 1. The molecule has 134 valence electrons. The van der Waals surface area contributed by atoms with E-state index in [0.717, 1.165) is 17.5 Å². The topological polar surface area (TPSA) is 64.1 Å². The summed E-state index contributed by atoms with van der Waals surface area (Å²) in [7, 11) is 0. The van der Waals surface area contributed by atoms with Crippen LogP contribution in [-0.2, 0) is 6.42 Å². The first kappa shape index (κ1) is 18.8. The molecule has 1 heterocycles. The van der Waals surface area contributed by atoms with E-state index in [9.17, 15) is 0 Å². The second kappa shape index (κ2) is 11.1. The van der Waals surface area contributed by atoms with E-state index in [1.54, 1.807) is 0 Å². The molecule has 0 atom stereocenters. The molecule has 2 aromatic rings. The number of nitrogens with zero attached hydrogens (tertiary/aromatic N) is 1. The van der Waals surface area contributed by atoms with Crippen LogP contribution < -0.4 is 11.1 Å². The Morgan fingerprint density at radius 3 is 2.42 bits per heavy atom. The maximum absolute atomic E-state index is 5.65. The van der Waals surface area contributed by atoms with Crippen molar-refractivity contribution in [2.24, 2.45) is 5.73 Å². The molecule has 4 nitrogen and oxygen atoms in total. The Bertz CT molecular complexity index is 579. The number of nitrogens with one attached hydrogen (secondary N) is 1. The molecule has 0 bridgehead atoms. The smallest absolute Gasteiger partial charge is 0.295 e. The van der Waals surface area contributed by atoms with Gasteiger partial charge < -0.3 is 15.5 Å². The van der Waals surface area contributed by atoms with Crippen LogP contribution in [0, 0.1) is 0 Å². The Hall–Kier alpha value is -1.55. The van der Waals surface area contributed by atoms with E-state index in [1.807, 2.05) is 6.07 Å². The molecule has 0 saturated heterocycles. The summed E-state index contributed by atoms with van der Waals surface area (Å²) in [5, 5.41) is 3.08. The number of fused-ring (bicyclic) bond motifs is 1. The fraction of sp³-hybridized carbons (Fsp3) is 0.650. The Labute approximate surface area is 146 Å². The van der Waals surface area contributed by atoms with Crippen molar-refractivity contribution in [1.29, 1.82) is 0 Å². The highest BCUT2D eigenvalue weighted by Gasteiger charge is 2.05. The molecule has 0 aliphatic heterocycles. The second-order valence-electron chi connectivity index (χ2n) is 6.61. The van der Waals surface area contributed by atoms with Crippen molar-refractivity contribution in [1.82, 2.24) is 4.98 Å². The van der Waals surface area contributed by atoms with Crippen molar-refractivity contribution in [3.63, 3.8) is 0 Å². The minimum absolute atomic E-state index is 0.565. The van der Waals surface area contributed by atoms with Crippen molar-refractivity contribution in [2.75, 3.05) is 18.4 Å². The van der Waals surface area contributed by atoms with Gasteiger partial charge in [-0.3, -0.25) is 0 Å². The van der Waals surface area contributed by atoms with Crippen LogP contribution in [0.4, 0.5) is 6.01 Å². The standard InChI is InChI=1S/C20H33N3O/c1-2-3-4-5-6-7-8-9-10-11-17-12-13-19-18(16-17)23-20(24-19)22-15-14-21/h12-13,16H,2-11,14-15,21H2,1H3,(H,22,23). The Balaban J connectivity index is 1.65. The van der Waals surface area contributed by atoms with E-state index in [4.69, 9.17) is 10.2 Å². The number of anilines is 1. The maximum Gasteiger partial charge on any atom is 0.295 e. The highest BCUT2D eigenvalue weighted by atomic mass is 16.4. The highest BCUT2D eigenvalue weighted by Crippen LogP contribution is 2.21. The third-order valence-corrected chi connectivity index (χ3v) is 4.44. The van der Waals surface area contributed by atoms with Gasteiger partial charge in [-0.05, 0) is 30.5 Å². The zero-order valence-corrected chi connectivity index (χ0v) is 15.2. The Morgan fingerprint density at radius 1 is 1.00 bits per heavy atom. The van der Waals surface area contributed by atoms with Gasteiger partial charge in [-0.25, -0.2) is 0 Å². The molecule has 0 amide bonds. The first-order chi connectivity index (χ1) is 11.8. The van der Waals surface area contributed by atoms with Gasteiger partial charge in [0, 0.05) is 13.1 Å². The molecule has 0 fully saturated rings. The van der Waals surface area contributed by atoms with E-state index in [0.29, 0.717) is 19.1 Å². The number of hydrogen-bond acceptors (Lipinski definition) is 4. The first-order valence-corrected chi connectivity index (χ1v) is 9.67. The number of aryl methyl sites for hydroxylation is 1. The maximum atomic E-state index is 5.65. The summed E-state index contributed by atoms with van der Waals surface area (Å²) in [6, 6.07) is 6.90. The third-order valence-electron chi connectivity index (χ3n) is 4.44. The van der Waals surface area contributed by atoms with E-state index >= 15 is 0 Å². The fourth-order valence-electron chi connectivity index (χ4n) is 3.02. The molecule has 2 rings (SSSR count). The van der Waals surface area contributed by atoms with Crippen LogP contribution in [0.15, 0.2) is 22.6 Å². The quantitative estimate of drug-likeness (QED) is 0.491. The summed E-state index contributed by atoms with van der Waals surface area (Å²) in [6.07, 6.45) is 13.4. The zero-order valence-electron chi connectivity index (χ0n) is 15.2. The lowest BCUT2D eigenvalue weighted by Crippen LogP contribution is -2.13. The van der Waals surface area contributed by atoms with Crippen molar-refractivity contribution < 1.29 is 4.42 Å². The van der Waals surface area contributed by atoms with E-state index in [-0.39, 0.29) is 0 Å². The molecule has 1 aromatic carbocycles. The number of hydrogen-bond donors (Lipinski definition) is 2. The first-order valence-electron chi connectivity index (χ1n) is 9.67. The minimum atomic E-state index is 0.565. The largest absolute Gasteiger partial charge is 0.424 e. The van der Waals surface area contributed by atoms with Crippen LogP contribution in [0.25, 0.3) is 11.1 Å². The molecule has 0 aliphatic rings. The molecule has 0 saturated carbocycles. The second-order valence-corrected chi connectivity index (χ2v) is 6.61. The van der Waals surface area contributed by atoms with Crippen molar-refractivity contribution in [2.45, 2.75) is 71.1 Å².